The Bertz CT molecular complexity index is 682. The van der Waals surface area contributed by atoms with Crippen molar-refractivity contribution in [2.24, 2.45) is 0 Å². The molecule has 0 aliphatic carbocycles. The zero-order chi connectivity index (χ0) is 14.5. The van der Waals surface area contributed by atoms with Gasteiger partial charge in [0.15, 0.2) is 0 Å². The Morgan fingerprint density at radius 3 is 3.05 bits per heavy atom. The molecular formula is C11H8FN5O2S. The summed E-state index contributed by atoms with van der Waals surface area (Å²) in [5.74, 6) is -1.07. The summed E-state index contributed by atoms with van der Waals surface area (Å²) < 4.78 is 19.5. The Morgan fingerprint density at radius 1 is 1.60 bits per heavy atom. The van der Waals surface area contributed by atoms with Crippen LogP contribution in [0.25, 0.3) is 0 Å². The first kappa shape index (κ1) is 14.0. The second-order valence-corrected chi connectivity index (χ2v) is 4.56. The Balaban J connectivity index is 2.21. The zero-order valence-electron chi connectivity index (χ0n) is 10.3. The smallest absolute Gasteiger partial charge is 0.327 e. The fraction of sp³-hybridized carbons (Fsp3) is 0.182. The summed E-state index contributed by atoms with van der Waals surface area (Å²) in [4.78, 5) is 11.4. The molecule has 0 bridgehead atoms. The second kappa shape index (κ2) is 6.12. The lowest BCUT2D eigenvalue weighted by Crippen LogP contribution is -2.13. The van der Waals surface area contributed by atoms with Crippen molar-refractivity contribution in [2.75, 3.05) is 7.11 Å². The van der Waals surface area contributed by atoms with E-state index < -0.39 is 11.8 Å². The lowest BCUT2D eigenvalue weighted by Gasteiger charge is -2.04. The maximum absolute atomic E-state index is 13.7. The summed E-state index contributed by atoms with van der Waals surface area (Å²) in [5.41, 5.74) is 0.223. The molecule has 0 saturated heterocycles. The van der Waals surface area contributed by atoms with Crippen LogP contribution in [0.5, 0.6) is 0 Å². The molecule has 7 nitrogen and oxygen atoms in total. The topological polar surface area (TPSA) is 93.7 Å². The molecule has 0 fully saturated rings. The van der Waals surface area contributed by atoms with Crippen LogP contribution in [0.3, 0.4) is 0 Å². The van der Waals surface area contributed by atoms with Crippen molar-refractivity contribution in [1.82, 2.24) is 20.2 Å². The number of nitrogens with zero attached hydrogens (tertiary/aromatic N) is 5. The number of carbonyl (C=O) groups excluding carboxylic acids is 1. The lowest BCUT2D eigenvalue weighted by molar-refractivity contribution is -0.141. The van der Waals surface area contributed by atoms with Gasteiger partial charge < -0.3 is 4.74 Å². The van der Waals surface area contributed by atoms with Gasteiger partial charge in [0, 0.05) is 0 Å². The number of methoxy groups -OCH3 is 1. The maximum Gasteiger partial charge on any atom is 0.327 e. The fourth-order valence-corrected chi connectivity index (χ4v) is 2.08. The highest BCUT2D eigenvalue weighted by atomic mass is 32.2. The summed E-state index contributed by atoms with van der Waals surface area (Å²) in [7, 11) is 1.25. The van der Waals surface area contributed by atoms with E-state index in [9.17, 15) is 9.18 Å². The summed E-state index contributed by atoms with van der Waals surface area (Å²) in [6.07, 6.45) is 0. The minimum atomic E-state index is -0.554. The van der Waals surface area contributed by atoms with E-state index in [1.807, 2.05) is 6.07 Å². The summed E-state index contributed by atoms with van der Waals surface area (Å²) >= 11 is 0.954. The van der Waals surface area contributed by atoms with Crippen LogP contribution in [0.1, 0.15) is 5.56 Å². The largest absolute Gasteiger partial charge is 0.468 e. The molecule has 2 rings (SSSR count). The van der Waals surface area contributed by atoms with Crippen LogP contribution in [0.2, 0.25) is 0 Å². The van der Waals surface area contributed by atoms with Crippen molar-refractivity contribution in [2.45, 2.75) is 16.6 Å². The average Bonchev–Trinajstić information content (AvgIpc) is 2.88. The van der Waals surface area contributed by atoms with E-state index in [0.717, 1.165) is 17.8 Å². The van der Waals surface area contributed by atoms with Crippen LogP contribution in [-0.2, 0) is 16.1 Å². The third-order valence-corrected chi connectivity index (χ3v) is 3.29. The standard InChI is InChI=1S/C11H8FN5O2S/c1-19-10(18)6-17-11(14-15-16-17)20-9-3-2-7(5-13)4-8(9)12/h2-4H,6H2,1H3. The molecule has 1 heterocycles. The van der Waals surface area contributed by atoms with Gasteiger partial charge in [0.05, 0.1) is 23.6 Å². The molecule has 0 aliphatic heterocycles. The Morgan fingerprint density at radius 2 is 2.40 bits per heavy atom. The summed E-state index contributed by atoms with van der Waals surface area (Å²) in [6, 6.07) is 5.90. The number of hydrogen-bond acceptors (Lipinski definition) is 7. The first-order valence-corrected chi connectivity index (χ1v) is 6.16. The second-order valence-electron chi connectivity index (χ2n) is 3.55. The van der Waals surface area contributed by atoms with Gasteiger partial charge in [0.1, 0.15) is 12.4 Å². The first-order valence-electron chi connectivity index (χ1n) is 5.34. The Labute approximate surface area is 117 Å². The molecular weight excluding hydrogens is 285 g/mol. The number of carbonyl (C=O) groups is 1. The molecule has 0 unspecified atom stereocenters. The Kier molecular flexibility index (Phi) is 4.27. The quantitative estimate of drug-likeness (QED) is 0.776. The molecule has 20 heavy (non-hydrogen) atoms. The molecule has 0 aliphatic rings. The molecule has 102 valence electrons. The zero-order valence-corrected chi connectivity index (χ0v) is 11.1. The lowest BCUT2D eigenvalue weighted by atomic mass is 10.2. The van der Waals surface area contributed by atoms with Crippen LogP contribution >= 0.6 is 11.8 Å². The van der Waals surface area contributed by atoms with Gasteiger partial charge in [-0.25, -0.2) is 9.07 Å². The van der Waals surface area contributed by atoms with E-state index >= 15 is 0 Å². The number of esters is 1. The van der Waals surface area contributed by atoms with Gasteiger partial charge in [0.25, 0.3) is 0 Å². The number of nitriles is 1. The van der Waals surface area contributed by atoms with Crippen LogP contribution in [0, 0.1) is 17.1 Å². The molecule has 1 aromatic carbocycles. The minimum Gasteiger partial charge on any atom is -0.468 e. The predicted octanol–water partition coefficient (Wildman–Crippen LogP) is 1.01. The molecule has 0 spiro atoms. The van der Waals surface area contributed by atoms with Crippen LogP contribution in [0.4, 0.5) is 4.39 Å². The summed E-state index contributed by atoms with van der Waals surface area (Å²) in [6.45, 7) is -0.163. The third-order valence-electron chi connectivity index (χ3n) is 2.27. The number of halogens is 1. The highest BCUT2D eigenvalue weighted by Gasteiger charge is 2.14. The van der Waals surface area contributed by atoms with Gasteiger partial charge in [-0.3, -0.25) is 4.79 Å². The van der Waals surface area contributed by atoms with Gasteiger partial charge in [-0.15, -0.1) is 5.10 Å². The number of rotatable bonds is 4. The number of aromatic nitrogens is 4. The predicted molar refractivity (Wildman–Crippen MR) is 65.1 cm³/mol. The summed E-state index contributed by atoms with van der Waals surface area (Å²) in [5, 5.41) is 19.7. The van der Waals surface area contributed by atoms with Gasteiger partial charge in [-0.2, -0.15) is 5.26 Å². The molecule has 9 heteroatoms. The third kappa shape index (κ3) is 3.10. The van der Waals surface area contributed by atoms with Gasteiger partial charge >= 0.3 is 5.97 Å². The van der Waals surface area contributed by atoms with Gasteiger partial charge in [-0.1, -0.05) is 0 Å². The fourth-order valence-electron chi connectivity index (χ4n) is 1.31. The van der Waals surface area contributed by atoms with Crippen LogP contribution < -0.4 is 0 Å². The molecule has 0 amide bonds. The van der Waals surface area contributed by atoms with Crippen molar-refractivity contribution in [1.29, 1.82) is 5.26 Å². The molecule has 0 radical (unpaired) electrons. The van der Waals surface area contributed by atoms with E-state index in [0.29, 0.717) is 0 Å². The van der Waals surface area contributed by atoms with Crippen molar-refractivity contribution in [3.8, 4) is 6.07 Å². The van der Waals surface area contributed by atoms with Gasteiger partial charge in [0.2, 0.25) is 5.16 Å². The number of tetrazole rings is 1. The molecule has 2 aromatic rings. The minimum absolute atomic E-state index is 0.163. The highest BCUT2D eigenvalue weighted by Crippen LogP contribution is 2.28. The molecule has 1 aromatic heterocycles. The van der Waals surface area contributed by atoms with Crippen LogP contribution in [0.15, 0.2) is 28.3 Å². The van der Waals surface area contributed by atoms with Crippen molar-refractivity contribution < 1.29 is 13.9 Å². The van der Waals surface area contributed by atoms with E-state index in [4.69, 9.17) is 5.26 Å². The molecule has 0 saturated carbocycles. The number of hydrogen-bond donors (Lipinski definition) is 0. The normalized spacial score (nSPS) is 10.1. The van der Waals surface area contributed by atoms with E-state index in [1.54, 1.807) is 0 Å². The van der Waals surface area contributed by atoms with Crippen LogP contribution in [-0.4, -0.2) is 33.3 Å². The highest BCUT2D eigenvalue weighted by molar-refractivity contribution is 7.99. The van der Waals surface area contributed by atoms with Gasteiger partial charge in [-0.05, 0) is 40.4 Å². The van der Waals surface area contributed by atoms with E-state index in [1.165, 1.54) is 23.9 Å². The Hall–Kier alpha value is -2.47. The number of benzene rings is 1. The average molecular weight is 293 g/mol. The first-order chi connectivity index (χ1) is 9.63. The van der Waals surface area contributed by atoms with E-state index in [-0.39, 0.29) is 22.2 Å². The number of ether oxygens (including phenoxy) is 1. The SMILES string of the molecule is COC(=O)Cn1nnnc1Sc1ccc(C#N)cc1F. The van der Waals surface area contributed by atoms with Crippen molar-refractivity contribution in [3.05, 3.63) is 29.6 Å². The van der Waals surface area contributed by atoms with E-state index in [2.05, 4.69) is 20.3 Å². The van der Waals surface area contributed by atoms with Crippen molar-refractivity contribution >= 4 is 17.7 Å². The maximum atomic E-state index is 13.7. The van der Waals surface area contributed by atoms with Crippen molar-refractivity contribution in [3.63, 3.8) is 0 Å². The molecule has 0 atom stereocenters. The monoisotopic (exact) mass is 293 g/mol. The molecule has 0 N–H and O–H groups in total.